The first-order valence-corrected chi connectivity index (χ1v) is 9.68. The van der Waals surface area contributed by atoms with E-state index in [0.29, 0.717) is 37.4 Å². The van der Waals surface area contributed by atoms with Gasteiger partial charge in [0.1, 0.15) is 16.5 Å². The van der Waals surface area contributed by atoms with Crippen LogP contribution in [0.5, 0.6) is 0 Å². The molecule has 3 N–H and O–H groups in total. The third-order valence-electron chi connectivity index (χ3n) is 4.33. The summed E-state index contributed by atoms with van der Waals surface area (Å²) < 4.78 is 36.4. The van der Waals surface area contributed by atoms with Crippen LogP contribution in [0.1, 0.15) is 12.8 Å². The lowest BCUT2D eigenvalue weighted by Gasteiger charge is -2.32. The van der Waals surface area contributed by atoms with Gasteiger partial charge in [0, 0.05) is 30.9 Å². The fourth-order valence-electron chi connectivity index (χ4n) is 2.97. The van der Waals surface area contributed by atoms with Gasteiger partial charge in [-0.05, 0) is 49.2 Å². The number of pyridine rings is 1. The Morgan fingerprint density at radius 1 is 1.19 bits per heavy atom. The van der Waals surface area contributed by atoms with Crippen LogP contribution in [0.4, 0.5) is 15.9 Å². The average Bonchev–Trinajstić information content (AvgIpc) is 2.63. The maximum Gasteiger partial charge on any atom is 0.241 e. The second kappa shape index (κ2) is 7.38. The number of nitrogens with zero attached hydrogens (tertiary/aromatic N) is 2. The first-order chi connectivity index (χ1) is 12.3. The quantitative estimate of drug-likeness (QED) is 0.843. The number of halogens is 1. The molecular weight excluding hydrogens is 359 g/mol. The Kier molecular flexibility index (Phi) is 5.19. The van der Waals surface area contributed by atoms with E-state index in [4.69, 9.17) is 5.14 Å². The number of hydrogen-bond acceptors (Lipinski definition) is 5. The van der Waals surface area contributed by atoms with E-state index in [9.17, 15) is 17.6 Å². The van der Waals surface area contributed by atoms with Crippen molar-refractivity contribution in [2.75, 3.05) is 23.3 Å². The van der Waals surface area contributed by atoms with E-state index >= 15 is 0 Å². The molecule has 7 nitrogen and oxygen atoms in total. The number of benzene rings is 1. The molecule has 138 valence electrons. The van der Waals surface area contributed by atoms with Crippen LogP contribution in [-0.4, -0.2) is 32.4 Å². The molecule has 0 atom stereocenters. The maximum absolute atomic E-state index is 12.9. The second-order valence-electron chi connectivity index (χ2n) is 6.13. The van der Waals surface area contributed by atoms with E-state index < -0.39 is 10.0 Å². The molecule has 1 aliphatic heterocycles. The number of hydrogen-bond donors (Lipinski definition) is 2. The molecule has 1 amide bonds. The fraction of sp³-hybridized carbons (Fsp3) is 0.294. The Morgan fingerprint density at radius 2 is 1.85 bits per heavy atom. The summed E-state index contributed by atoms with van der Waals surface area (Å²) in [5, 5.41) is 8.02. The zero-order valence-corrected chi connectivity index (χ0v) is 14.7. The van der Waals surface area contributed by atoms with E-state index in [1.165, 1.54) is 42.6 Å². The van der Waals surface area contributed by atoms with Crippen LogP contribution < -0.4 is 15.4 Å². The number of carbonyl (C=O) groups is 1. The van der Waals surface area contributed by atoms with Crippen molar-refractivity contribution < 1.29 is 17.6 Å². The van der Waals surface area contributed by atoms with Crippen molar-refractivity contribution in [1.82, 2.24) is 4.98 Å². The van der Waals surface area contributed by atoms with Gasteiger partial charge in [0.2, 0.25) is 15.9 Å². The largest absolute Gasteiger partial charge is 0.355 e. The zero-order chi connectivity index (χ0) is 18.7. The maximum atomic E-state index is 12.9. The van der Waals surface area contributed by atoms with Crippen LogP contribution in [0.15, 0.2) is 47.5 Å². The fourth-order valence-corrected chi connectivity index (χ4v) is 3.68. The lowest BCUT2D eigenvalue weighted by Crippen LogP contribution is -2.39. The van der Waals surface area contributed by atoms with Crippen LogP contribution in [-0.2, 0) is 14.8 Å². The molecule has 1 aromatic carbocycles. The normalized spacial score (nSPS) is 15.7. The summed E-state index contributed by atoms with van der Waals surface area (Å²) in [7, 11) is -3.87. The molecule has 0 spiro atoms. The molecule has 1 aromatic heterocycles. The van der Waals surface area contributed by atoms with Crippen molar-refractivity contribution in [3.05, 3.63) is 48.4 Å². The molecule has 0 aliphatic carbocycles. The molecule has 0 unspecified atom stereocenters. The standard InChI is InChI=1S/C17H19FN4O3S/c18-13-3-5-14(6-4-13)21-17(23)12-7-10-22(11-8-12)16-15(26(19,24)25)2-1-9-20-16/h1-6,9,12H,7-8,10-11H2,(H,21,23)(H2,19,24,25). The summed E-state index contributed by atoms with van der Waals surface area (Å²) in [5.74, 6) is -0.397. The van der Waals surface area contributed by atoms with Gasteiger partial charge < -0.3 is 10.2 Å². The van der Waals surface area contributed by atoms with E-state index in [-0.39, 0.29) is 22.5 Å². The van der Waals surface area contributed by atoms with Gasteiger partial charge in [-0.3, -0.25) is 4.79 Å². The minimum Gasteiger partial charge on any atom is -0.355 e. The molecule has 26 heavy (non-hydrogen) atoms. The topological polar surface area (TPSA) is 105 Å². The number of nitrogens with one attached hydrogen (secondary N) is 1. The highest BCUT2D eigenvalue weighted by Crippen LogP contribution is 2.27. The number of nitrogens with two attached hydrogens (primary N) is 1. The van der Waals surface area contributed by atoms with Crippen molar-refractivity contribution in [3.8, 4) is 0 Å². The van der Waals surface area contributed by atoms with Crippen LogP contribution in [0.2, 0.25) is 0 Å². The highest BCUT2D eigenvalue weighted by Gasteiger charge is 2.28. The van der Waals surface area contributed by atoms with Gasteiger partial charge in [-0.2, -0.15) is 0 Å². The van der Waals surface area contributed by atoms with E-state index in [1.54, 1.807) is 0 Å². The van der Waals surface area contributed by atoms with Crippen molar-refractivity contribution in [2.45, 2.75) is 17.7 Å². The molecule has 1 aliphatic rings. The molecule has 0 bridgehead atoms. The summed E-state index contributed by atoms with van der Waals surface area (Å²) >= 11 is 0. The number of piperidine rings is 1. The predicted molar refractivity (Wildman–Crippen MR) is 95.6 cm³/mol. The summed E-state index contributed by atoms with van der Waals surface area (Å²) in [5.41, 5.74) is 0.542. The van der Waals surface area contributed by atoms with Gasteiger partial charge >= 0.3 is 0 Å². The van der Waals surface area contributed by atoms with Crippen LogP contribution in [0, 0.1) is 11.7 Å². The lowest BCUT2D eigenvalue weighted by molar-refractivity contribution is -0.120. The van der Waals surface area contributed by atoms with Crippen molar-refractivity contribution in [2.24, 2.45) is 11.1 Å². The predicted octanol–water partition coefficient (Wildman–Crippen LogP) is 1.72. The molecule has 9 heteroatoms. The number of anilines is 2. The Labute approximate surface area is 151 Å². The Morgan fingerprint density at radius 3 is 2.46 bits per heavy atom. The molecule has 3 rings (SSSR count). The third-order valence-corrected chi connectivity index (χ3v) is 5.27. The zero-order valence-electron chi connectivity index (χ0n) is 13.9. The summed E-state index contributed by atoms with van der Waals surface area (Å²) in [6.07, 6.45) is 2.61. The number of aromatic nitrogens is 1. The van der Waals surface area contributed by atoms with E-state index in [2.05, 4.69) is 10.3 Å². The highest BCUT2D eigenvalue weighted by molar-refractivity contribution is 7.89. The monoisotopic (exact) mass is 378 g/mol. The van der Waals surface area contributed by atoms with Crippen LogP contribution in [0.25, 0.3) is 0 Å². The first kappa shape index (κ1) is 18.3. The molecule has 1 fully saturated rings. The Balaban J connectivity index is 1.64. The number of primary sulfonamides is 1. The molecule has 2 aromatic rings. The average molecular weight is 378 g/mol. The summed E-state index contributed by atoms with van der Waals surface area (Å²) in [6, 6.07) is 8.53. The van der Waals surface area contributed by atoms with Gasteiger partial charge in [0.05, 0.1) is 0 Å². The minimum atomic E-state index is -3.87. The van der Waals surface area contributed by atoms with Crippen molar-refractivity contribution >= 4 is 27.4 Å². The molecular formula is C17H19FN4O3S. The van der Waals surface area contributed by atoms with Crippen LogP contribution >= 0.6 is 0 Å². The Bertz CT molecular complexity index is 894. The molecule has 0 saturated carbocycles. The van der Waals surface area contributed by atoms with Crippen LogP contribution in [0.3, 0.4) is 0 Å². The van der Waals surface area contributed by atoms with Crippen molar-refractivity contribution in [1.29, 1.82) is 0 Å². The third kappa shape index (κ3) is 4.17. The lowest BCUT2D eigenvalue weighted by atomic mass is 9.95. The van der Waals surface area contributed by atoms with E-state index in [0.717, 1.165) is 0 Å². The first-order valence-electron chi connectivity index (χ1n) is 8.14. The second-order valence-corrected chi connectivity index (χ2v) is 7.66. The van der Waals surface area contributed by atoms with Gasteiger partial charge in [-0.25, -0.2) is 22.9 Å². The summed E-state index contributed by atoms with van der Waals surface area (Å²) in [4.78, 5) is 18.3. The number of sulfonamides is 1. The van der Waals surface area contributed by atoms with Crippen molar-refractivity contribution in [3.63, 3.8) is 0 Å². The number of amides is 1. The van der Waals surface area contributed by atoms with Gasteiger partial charge in [0.15, 0.2) is 0 Å². The van der Waals surface area contributed by atoms with E-state index in [1.807, 2.05) is 4.90 Å². The van der Waals surface area contributed by atoms with Gasteiger partial charge in [0.25, 0.3) is 0 Å². The SMILES string of the molecule is NS(=O)(=O)c1cccnc1N1CCC(C(=O)Nc2ccc(F)cc2)CC1. The molecule has 2 heterocycles. The smallest absolute Gasteiger partial charge is 0.241 e. The molecule has 0 radical (unpaired) electrons. The Hall–Kier alpha value is -2.52. The van der Waals surface area contributed by atoms with Gasteiger partial charge in [-0.15, -0.1) is 0 Å². The van der Waals surface area contributed by atoms with Gasteiger partial charge in [-0.1, -0.05) is 0 Å². The highest BCUT2D eigenvalue weighted by atomic mass is 32.2. The molecule has 1 saturated heterocycles. The number of rotatable bonds is 4. The number of carbonyl (C=O) groups excluding carboxylic acids is 1. The summed E-state index contributed by atoms with van der Waals surface area (Å²) in [6.45, 7) is 0.974. The minimum absolute atomic E-state index is 0.0192.